The predicted octanol–water partition coefficient (Wildman–Crippen LogP) is 4.35. The molecule has 3 rings (SSSR count). The molecular formula is C22H23FN2O5S2. The van der Waals surface area contributed by atoms with Crippen LogP contribution in [0.15, 0.2) is 52.7 Å². The number of aromatic nitrogens is 1. The Balaban J connectivity index is 1.76. The molecule has 0 spiro atoms. The molecule has 1 heterocycles. The maximum Gasteiger partial charge on any atom is 0.338 e. The molecule has 0 amide bonds. The van der Waals surface area contributed by atoms with Crippen LogP contribution in [0.1, 0.15) is 29.9 Å². The van der Waals surface area contributed by atoms with Crippen LogP contribution in [-0.4, -0.2) is 43.9 Å². The van der Waals surface area contributed by atoms with Crippen molar-refractivity contribution in [3.05, 3.63) is 64.9 Å². The maximum absolute atomic E-state index is 14.3. The summed E-state index contributed by atoms with van der Waals surface area (Å²) < 4.78 is 51.4. The summed E-state index contributed by atoms with van der Waals surface area (Å²) in [7, 11) is -2.49. The first-order valence-corrected chi connectivity index (χ1v) is 12.2. The molecule has 0 atom stereocenters. The van der Waals surface area contributed by atoms with E-state index in [1.165, 1.54) is 17.4 Å². The average Bonchev–Trinajstić information content (AvgIpc) is 3.27. The standard InChI is InChI=1S/C22H23FN2O5S2/c1-4-25(5-2)32(27,28)20-12-15(10-11-18(20)23)22(26)30-13-16-14-31-21(24-16)17-8-6-7-9-19(17)29-3/h6-12,14H,4-5,13H2,1-3H3. The molecule has 0 aliphatic heterocycles. The minimum absolute atomic E-state index is 0.0580. The first kappa shape index (κ1) is 23.8. The lowest BCUT2D eigenvalue weighted by Crippen LogP contribution is -2.31. The number of carbonyl (C=O) groups is 1. The summed E-state index contributed by atoms with van der Waals surface area (Å²) in [6.45, 7) is 3.57. The van der Waals surface area contributed by atoms with Gasteiger partial charge in [0.15, 0.2) is 0 Å². The number of rotatable bonds is 9. The SMILES string of the molecule is CCN(CC)S(=O)(=O)c1cc(C(=O)OCc2csc(-c3ccccc3OC)n2)ccc1F. The van der Waals surface area contributed by atoms with Crippen molar-refractivity contribution < 1.29 is 27.1 Å². The van der Waals surface area contributed by atoms with Crippen LogP contribution < -0.4 is 4.74 Å². The Labute approximate surface area is 190 Å². The highest BCUT2D eigenvalue weighted by Gasteiger charge is 2.26. The summed E-state index contributed by atoms with van der Waals surface area (Å²) in [5.74, 6) is -1.01. The van der Waals surface area contributed by atoms with Gasteiger partial charge in [-0.25, -0.2) is 22.6 Å². The van der Waals surface area contributed by atoms with E-state index in [1.54, 1.807) is 26.3 Å². The van der Waals surface area contributed by atoms with Gasteiger partial charge in [-0.05, 0) is 30.3 Å². The van der Waals surface area contributed by atoms with Crippen molar-refractivity contribution in [3.8, 4) is 16.3 Å². The molecule has 0 aliphatic carbocycles. The molecule has 0 saturated heterocycles. The van der Waals surface area contributed by atoms with E-state index < -0.39 is 26.7 Å². The van der Waals surface area contributed by atoms with Crippen LogP contribution in [0.4, 0.5) is 4.39 Å². The molecule has 7 nitrogen and oxygen atoms in total. The lowest BCUT2D eigenvalue weighted by Gasteiger charge is -2.19. The van der Waals surface area contributed by atoms with Crippen LogP contribution in [0.2, 0.25) is 0 Å². The zero-order valence-corrected chi connectivity index (χ0v) is 19.5. The lowest BCUT2D eigenvalue weighted by molar-refractivity contribution is 0.0468. The van der Waals surface area contributed by atoms with E-state index in [0.717, 1.165) is 22.0 Å². The summed E-state index contributed by atoms with van der Waals surface area (Å²) in [5, 5.41) is 2.47. The van der Waals surface area contributed by atoms with Gasteiger partial charge in [0.25, 0.3) is 0 Å². The number of hydrogen-bond acceptors (Lipinski definition) is 7. The van der Waals surface area contributed by atoms with E-state index in [0.29, 0.717) is 16.5 Å². The highest BCUT2D eigenvalue weighted by Crippen LogP contribution is 2.32. The van der Waals surface area contributed by atoms with E-state index >= 15 is 0 Å². The van der Waals surface area contributed by atoms with E-state index in [2.05, 4.69) is 4.98 Å². The number of nitrogens with zero attached hydrogens (tertiary/aromatic N) is 2. The van der Waals surface area contributed by atoms with Crippen molar-refractivity contribution in [2.24, 2.45) is 0 Å². The Morgan fingerprint density at radius 1 is 1.16 bits per heavy atom. The van der Waals surface area contributed by atoms with Crippen LogP contribution in [0.5, 0.6) is 5.75 Å². The van der Waals surface area contributed by atoms with Crippen molar-refractivity contribution in [1.82, 2.24) is 9.29 Å². The van der Waals surface area contributed by atoms with Gasteiger partial charge < -0.3 is 9.47 Å². The molecular weight excluding hydrogens is 455 g/mol. The fraction of sp³-hybridized carbons (Fsp3) is 0.273. The average molecular weight is 479 g/mol. The second-order valence-electron chi connectivity index (χ2n) is 6.65. The van der Waals surface area contributed by atoms with Crippen molar-refractivity contribution in [3.63, 3.8) is 0 Å². The minimum Gasteiger partial charge on any atom is -0.496 e. The van der Waals surface area contributed by atoms with Gasteiger partial charge in [0.05, 0.1) is 23.9 Å². The van der Waals surface area contributed by atoms with Gasteiger partial charge in [0, 0.05) is 18.5 Å². The van der Waals surface area contributed by atoms with Crippen molar-refractivity contribution in [2.75, 3.05) is 20.2 Å². The Hall–Kier alpha value is -2.82. The number of methoxy groups -OCH3 is 1. The number of esters is 1. The van der Waals surface area contributed by atoms with E-state index in [4.69, 9.17) is 9.47 Å². The Bertz CT molecular complexity index is 1210. The third-order valence-corrected chi connectivity index (χ3v) is 7.72. The monoisotopic (exact) mass is 478 g/mol. The first-order chi connectivity index (χ1) is 15.3. The van der Waals surface area contributed by atoms with Gasteiger partial charge in [-0.1, -0.05) is 26.0 Å². The van der Waals surface area contributed by atoms with Gasteiger partial charge in [0.2, 0.25) is 10.0 Å². The zero-order chi connectivity index (χ0) is 23.3. The number of para-hydroxylation sites is 1. The molecule has 0 unspecified atom stereocenters. The molecule has 1 aromatic heterocycles. The van der Waals surface area contributed by atoms with E-state index in [1.807, 2.05) is 24.3 Å². The van der Waals surface area contributed by atoms with Crippen LogP contribution in [0.25, 0.3) is 10.6 Å². The summed E-state index contributed by atoms with van der Waals surface area (Å²) in [6, 6.07) is 10.6. The van der Waals surface area contributed by atoms with Crippen LogP contribution in [0.3, 0.4) is 0 Å². The number of benzene rings is 2. The number of sulfonamides is 1. The van der Waals surface area contributed by atoms with Crippen molar-refractivity contribution >= 4 is 27.3 Å². The fourth-order valence-electron chi connectivity index (χ4n) is 3.07. The van der Waals surface area contributed by atoms with Gasteiger partial charge in [0.1, 0.15) is 28.1 Å². The van der Waals surface area contributed by atoms with Crippen molar-refractivity contribution in [1.29, 1.82) is 0 Å². The smallest absolute Gasteiger partial charge is 0.338 e. The third kappa shape index (κ3) is 4.98. The van der Waals surface area contributed by atoms with Gasteiger partial charge in [-0.2, -0.15) is 4.31 Å². The number of thiazole rings is 1. The van der Waals surface area contributed by atoms with Gasteiger partial charge >= 0.3 is 5.97 Å². The fourth-order valence-corrected chi connectivity index (χ4v) is 5.45. The molecule has 3 aromatic rings. The molecule has 32 heavy (non-hydrogen) atoms. The predicted molar refractivity (Wildman–Crippen MR) is 120 cm³/mol. The summed E-state index contributed by atoms with van der Waals surface area (Å²) in [4.78, 5) is 16.4. The number of halogens is 1. The second-order valence-corrected chi connectivity index (χ2v) is 9.42. The summed E-state index contributed by atoms with van der Waals surface area (Å²) in [5.41, 5.74) is 1.29. The molecule has 0 bridgehead atoms. The molecule has 0 fully saturated rings. The Morgan fingerprint density at radius 2 is 1.88 bits per heavy atom. The molecule has 170 valence electrons. The van der Waals surface area contributed by atoms with E-state index in [9.17, 15) is 17.6 Å². The molecule has 0 N–H and O–H groups in total. The highest BCUT2D eigenvalue weighted by molar-refractivity contribution is 7.89. The highest BCUT2D eigenvalue weighted by atomic mass is 32.2. The topological polar surface area (TPSA) is 85.8 Å². The summed E-state index contributed by atoms with van der Waals surface area (Å²) >= 11 is 1.38. The lowest BCUT2D eigenvalue weighted by atomic mass is 10.2. The van der Waals surface area contributed by atoms with E-state index in [-0.39, 0.29) is 25.3 Å². The zero-order valence-electron chi connectivity index (χ0n) is 17.9. The third-order valence-electron chi connectivity index (χ3n) is 4.73. The Morgan fingerprint density at radius 3 is 2.56 bits per heavy atom. The molecule has 0 radical (unpaired) electrons. The quantitative estimate of drug-likeness (QED) is 0.425. The largest absolute Gasteiger partial charge is 0.496 e. The maximum atomic E-state index is 14.3. The molecule has 10 heteroatoms. The normalized spacial score (nSPS) is 11.5. The first-order valence-electron chi connectivity index (χ1n) is 9.86. The second kappa shape index (κ2) is 10.2. The van der Waals surface area contributed by atoms with Crippen LogP contribution >= 0.6 is 11.3 Å². The van der Waals surface area contributed by atoms with Crippen LogP contribution in [0, 0.1) is 5.82 Å². The number of ether oxygens (including phenoxy) is 2. The van der Waals surface area contributed by atoms with Crippen LogP contribution in [-0.2, 0) is 21.4 Å². The molecule has 2 aromatic carbocycles. The molecule has 0 saturated carbocycles. The summed E-state index contributed by atoms with van der Waals surface area (Å²) in [6.07, 6.45) is 0. The Kier molecular flexibility index (Phi) is 7.60. The van der Waals surface area contributed by atoms with Gasteiger partial charge in [-0.3, -0.25) is 0 Å². The minimum atomic E-state index is -4.06. The number of carbonyl (C=O) groups excluding carboxylic acids is 1. The van der Waals surface area contributed by atoms with Gasteiger partial charge in [-0.15, -0.1) is 11.3 Å². The molecule has 0 aliphatic rings. The van der Waals surface area contributed by atoms with Crippen molar-refractivity contribution in [2.45, 2.75) is 25.3 Å². The number of hydrogen-bond donors (Lipinski definition) is 0.